The first kappa shape index (κ1) is 20.0. The van der Waals surface area contributed by atoms with Crippen molar-refractivity contribution in [2.75, 3.05) is 36.0 Å². The molecule has 0 atom stereocenters. The molecule has 1 rings (SSSR count). The van der Waals surface area contributed by atoms with Gasteiger partial charge < -0.3 is 15.1 Å². The van der Waals surface area contributed by atoms with Crippen LogP contribution in [0, 0.1) is 12.8 Å². The predicted octanol–water partition coefficient (Wildman–Crippen LogP) is 2.97. The quantitative estimate of drug-likeness (QED) is 0.796. The summed E-state index contributed by atoms with van der Waals surface area (Å²) in [5.41, 5.74) is 3.12. The highest BCUT2D eigenvalue weighted by molar-refractivity contribution is 5.92. The highest BCUT2D eigenvalue weighted by Gasteiger charge is 2.15. The standard InChI is InChI=1S/C19H31N3O2/c1-7-21(8-2)17-9-10-18(15(5)13-17)22(16(6)23)12-11-20-19(24)14(3)4/h9-10,13-14H,7-8,11-12H2,1-6H3,(H,20,24). The van der Waals surface area contributed by atoms with Gasteiger partial charge in [0.05, 0.1) is 0 Å². The van der Waals surface area contributed by atoms with E-state index >= 15 is 0 Å². The second kappa shape index (κ2) is 9.30. The lowest BCUT2D eigenvalue weighted by Gasteiger charge is -2.26. The summed E-state index contributed by atoms with van der Waals surface area (Å²) >= 11 is 0. The number of carbonyl (C=O) groups is 2. The number of hydrogen-bond donors (Lipinski definition) is 1. The van der Waals surface area contributed by atoms with Crippen LogP contribution in [-0.2, 0) is 9.59 Å². The van der Waals surface area contributed by atoms with Gasteiger partial charge in [-0.15, -0.1) is 0 Å². The van der Waals surface area contributed by atoms with Crippen molar-refractivity contribution in [1.29, 1.82) is 0 Å². The molecule has 1 aromatic carbocycles. The van der Waals surface area contributed by atoms with E-state index in [1.54, 1.807) is 11.8 Å². The molecule has 5 heteroatoms. The third-order valence-corrected chi connectivity index (χ3v) is 4.14. The molecular weight excluding hydrogens is 302 g/mol. The fourth-order valence-corrected chi connectivity index (χ4v) is 2.67. The summed E-state index contributed by atoms with van der Waals surface area (Å²) in [5, 5.41) is 2.86. The molecule has 0 heterocycles. The Morgan fingerprint density at radius 2 is 1.79 bits per heavy atom. The molecule has 134 valence electrons. The molecule has 0 aliphatic rings. The van der Waals surface area contributed by atoms with Crippen LogP contribution in [0.25, 0.3) is 0 Å². The molecule has 0 aliphatic carbocycles. The lowest BCUT2D eigenvalue weighted by atomic mass is 10.1. The van der Waals surface area contributed by atoms with Crippen LogP contribution in [0.5, 0.6) is 0 Å². The van der Waals surface area contributed by atoms with E-state index in [2.05, 4.69) is 36.2 Å². The number of benzene rings is 1. The Balaban J connectivity index is 2.89. The molecule has 5 nitrogen and oxygen atoms in total. The van der Waals surface area contributed by atoms with E-state index in [4.69, 9.17) is 0 Å². The minimum Gasteiger partial charge on any atom is -0.372 e. The van der Waals surface area contributed by atoms with Crippen LogP contribution >= 0.6 is 0 Å². The third-order valence-electron chi connectivity index (χ3n) is 4.14. The van der Waals surface area contributed by atoms with Crippen LogP contribution < -0.4 is 15.1 Å². The molecule has 0 bridgehead atoms. The number of rotatable bonds is 8. The summed E-state index contributed by atoms with van der Waals surface area (Å²) in [7, 11) is 0. The van der Waals surface area contributed by atoms with Crippen LogP contribution in [0.15, 0.2) is 18.2 Å². The van der Waals surface area contributed by atoms with Gasteiger partial charge >= 0.3 is 0 Å². The number of aryl methyl sites for hydroxylation is 1. The maximum Gasteiger partial charge on any atom is 0.223 e. The van der Waals surface area contributed by atoms with Gasteiger partial charge in [-0.05, 0) is 44.5 Å². The summed E-state index contributed by atoms with van der Waals surface area (Å²) in [6.45, 7) is 14.4. The minimum absolute atomic E-state index is 0.00658. The van der Waals surface area contributed by atoms with E-state index in [9.17, 15) is 9.59 Å². The Morgan fingerprint density at radius 1 is 1.17 bits per heavy atom. The zero-order chi connectivity index (χ0) is 18.3. The minimum atomic E-state index is -0.0501. The molecule has 0 spiro atoms. The second-order valence-corrected chi connectivity index (χ2v) is 6.26. The first-order valence-electron chi connectivity index (χ1n) is 8.73. The van der Waals surface area contributed by atoms with Crippen LogP contribution in [0.4, 0.5) is 11.4 Å². The van der Waals surface area contributed by atoms with E-state index in [1.165, 1.54) is 0 Å². The Labute approximate surface area is 146 Å². The number of nitrogens with zero attached hydrogens (tertiary/aromatic N) is 2. The highest BCUT2D eigenvalue weighted by Crippen LogP contribution is 2.25. The molecule has 1 aromatic rings. The van der Waals surface area contributed by atoms with E-state index in [1.807, 2.05) is 26.8 Å². The SMILES string of the molecule is CCN(CC)c1ccc(N(CCNC(=O)C(C)C)C(C)=O)c(C)c1. The molecular formula is C19H31N3O2. The predicted molar refractivity (Wildman–Crippen MR) is 101 cm³/mol. The number of anilines is 2. The van der Waals surface area contributed by atoms with Crippen LogP contribution in [0.1, 0.15) is 40.2 Å². The molecule has 0 saturated carbocycles. The van der Waals surface area contributed by atoms with Gasteiger partial charge in [0.2, 0.25) is 11.8 Å². The normalized spacial score (nSPS) is 10.6. The van der Waals surface area contributed by atoms with Gasteiger partial charge in [-0.25, -0.2) is 0 Å². The zero-order valence-electron chi connectivity index (χ0n) is 15.8. The van der Waals surface area contributed by atoms with Crippen molar-refractivity contribution < 1.29 is 9.59 Å². The van der Waals surface area contributed by atoms with Crippen LogP contribution in [-0.4, -0.2) is 38.0 Å². The highest BCUT2D eigenvalue weighted by atomic mass is 16.2. The Hall–Kier alpha value is -2.04. The first-order valence-corrected chi connectivity index (χ1v) is 8.73. The second-order valence-electron chi connectivity index (χ2n) is 6.26. The molecule has 0 saturated heterocycles. The monoisotopic (exact) mass is 333 g/mol. The molecule has 0 aromatic heterocycles. The summed E-state index contributed by atoms with van der Waals surface area (Å²) in [5.74, 6) is -0.0644. The summed E-state index contributed by atoms with van der Waals surface area (Å²) in [4.78, 5) is 27.7. The average Bonchev–Trinajstić information content (AvgIpc) is 2.53. The average molecular weight is 333 g/mol. The van der Waals surface area contributed by atoms with Gasteiger partial charge in [0, 0.05) is 50.4 Å². The fourth-order valence-electron chi connectivity index (χ4n) is 2.67. The van der Waals surface area contributed by atoms with Crippen molar-refractivity contribution in [3.63, 3.8) is 0 Å². The molecule has 0 unspecified atom stereocenters. The molecule has 2 amide bonds. The third kappa shape index (κ3) is 5.25. The maximum absolute atomic E-state index is 12.0. The smallest absolute Gasteiger partial charge is 0.223 e. The van der Waals surface area contributed by atoms with Crippen molar-refractivity contribution in [1.82, 2.24) is 5.32 Å². The maximum atomic E-state index is 12.0. The van der Waals surface area contributed by atoms with Crippen molar-refractivity contribution in [2.45, 2.75) is 41.5 Å². The van der Waals surface area contributed by atoms with Crippen LogP contribution in [0.2, 0.25) is 0 Å². The van der Waals surface area contributed by atoms with Gasteiger partial charge in [0.15, 0.2) is 0 Å². The van der Waals surface area contributed by atoms with Gasteiger partial charge in [-0.3, -0.25) is 9.59 Å². The molecule has 0 fully saturated rings. The Morgan fingerprint density at radius 3 is 2.25 bits per heavy atom. The lowest BCUT2D eigenvalue weighted by Crippen LogP contribution is -2.39. The van der Waals surface area contributed by atoms with Gasteiger partial charge in [-0.1, -0.05) is 13.8 Å². The van der Waals surface area contributed by atoms with Crippen molar-refractivity contribution >= 4 is 23.2 Å². The van der Waals surface area contributed by atoms with E-state index in [0.717, 1.165) is 30.0 Å². The lowest BCUT2D eigenvalue weighted by molar-refractivity contribution is -0.124. The summed E-state index contributed by atoms with van der Waals surface area (Å²) in [6, 6.07) is 6.16. The first-order chi connectivity index (χ1) is 11.3. The molecule has 24 heavy (non-hydrogen) atoms. The molecule has 0 aliphatic heterocycles. The zero-order valence-corrected chi connectivity index (χ0v) is 15.8. The number of amides is 2. The fraction of sp³-hybridized carbons (Fsp3) is 0.579. The summed E-state index contributed by atoms with van der Waals surface area (Å²) in [6.07, 6.45) is 0. The Bertz CT molecular complexity index is 566. The van der Waals surface area contributed by atoms with Crippen molar-refractivity contribution in [3.8, 4) is 0 Å². The number of hydrogen-bond acceptors (Lipinski definition) is 3. The van der Waals surface area contributed by atoms with E-state index in [0.29, 0.717) is 13.1 Å². The number of nitrogens with one attached hydrogen (secondary N) is 1. The van der Waals surface area contributed by atoms with Gasteiger partial charge in [0.1, 0.15) is 0 Å². The van der Waals surface area contributed by atoms with Crippen molar-refractivity contribution in [3.05, 3.63) is 23.8 Å². The van der Waals surface area contributed by atoms with Crippen LogP contribution in [0.3, 0.4) is 0 Å². The van der Waals surface area contributed by atoms with E-state index in [-0.39, 0.29) is 17.7 Å². The molecule has 0 radical (unpaired) electrons. The molecule has 1 N–H and O–H groups in total. The van der Waals surface area contributed by atoms with E-state index < -0.39 is 0 Å². The summed E-state index contributed by atoms with van der Waals surface area (Å²) < 4.78 is 0. The van der Waals surface area contributed by atoms with Crippen molar-refractivity contribution in [2.24, 2.45) is 5.92 Å². The largest absolute Gasteiger partial charge is 0.372 e. The topological polar surface area (TPSA) is 52.6 Å². The Kier molecular flexibility index (Phi) is 7.75. The van der Waals surface area contributed by atoms with Gasteiger partial charge in [-0.2, -0.15) is 0 Å². The van der Waals surface area contributed by atoms with Gasteiger partial charge in [0.25, 0.3) is 0 Å². The number of carbonyl (C=O) groups excluding carboxylic acids is 2.